The molecule has 1 heterocycles. The van der Waals surface area contributed by atoms with E-state index in [0.29, 0.717) is 25.4 Å². The summed E-state index contributed by atoms with van der Waals surface area (Å²) in [4.78, 5) is 12.3. The predicted molar refractivity (Wildman–Crippen MR) is 87.6 cm³/mol. The number of hydrogen-bond donors (Lipinski definition) is 1. The highest BCUT2D eigenvalue weighted by Gasteiger charge is 2.42. The maximum atomic E-state index is 12.3. The number of nitrogens with one attached hydrogen (secondary N) is 1. The fraction of sp³-hybridized carbons (Fsp3) is 0.722. The minimum absolute atomic E-state index is 0.178. The number of amides is 1. The molecular formula is C18H26N4O. The van der Waals surface area contributed by atoms with Crippen LogP contribution in [0.2, 0.25) is 0 Å². The van der Waals surface area contributed by atoms with Crippen molar-refractivity contribution in [1.82, 2.24) is 15.1 Å². The predicted octanol–water partition coefficient (Wildman–Crippen LogP) is 2.65. The first-order chi connectivity index (χ1) is 11.1. The first-order valence-corrected chi connectivity index (χ1v) is 8.79. The first-order valence-electron chi connectivity index (χ1n) is 8.79. The summed E-state index contributed by atoms with van der Waals surface area (Å²) in [6.07, 6.45) is 6.86. The zero-order valence-electron chi connectivity index (χ0n) is 14.1. The minimum atomic E-state index is 0.178. The number of nitrogens with zero attached hydrogens (tertiary/aromatic N) is 3. The summed E-state index contributed by atoms with van der Waals surface area (Å²) in [7, 11) is 0. The lowest BCUT2D eigenvalue weighted by atomic mass is 10.1. The van der Waals surface area contributed by atoms with E-state index in [4.69, 9.17) is 5.26 Å². The monoisotopic (exact) mass is 314 g/mol. The van der Waals surface area contributed by atoms with Crippen LogP contribution < -0.4 is 5.32 Å². The van der Waals surface area contributed by atoms with Gasteiger partial charge in [-0.3, -0.25) is 9.48 Å². The Morgan fingerprint density at radius 3 is 2.57 bits per heavy atom. The summed E-state index contributed by atoms with van der Waals surface area (Å²) < 4.78 is 1.89. The molecule has 2 saturated carbocycles. The van der Waals surface area contributed by atoms with Gasteiger partial charge in [-0.15, -0.1) is 0 Å². The normalized spacial score (nSPS) is 17.3. The number of aromatic nitrogens is 2. The van der Waals surface area contributed by atoms with Crippen molar-refractivity contribution in [2.75, 3.05) is 0 Å². The Kier molecular flexibility index (Phi) is 4.70. The van der Waals surface area contributed by atoms with E-state index in [1.54, 1.807) is 0 Å². The molecule has 1 aromatic heterocycles. The van der Waals surface area contributed by atoms with Crippen LogP contribution in [0.15, 0.2) is 0 Å². The van der Waals surface area contributed by atoms with Crippen molar-refractivity contribution >= 4 is 5.91 Å². The molecule has 0 atom stereocenters. The van der Waals surface area contributed by atoms with Crippen LogP contribution in [0.3, 0.4) is 0 Å². The number of hydrogen-bond acceptors (Lipinski definition) is 3. The molecule has 1 amide bonds. The van der Waals surface area contributed by atoms with E-state index in [1.165, 1.54) is 25.7 Å². The zero-order valence-corrected chi connectivity index (χ0v) is 14.1. The SMILES string of the molecule is Cc1nn(CCC#N)c(C)c1CCC(=O)NC(C1CC1)C1CC1. The number of carbonyl (C=O) groups is 1. The molecule has 5 heteroatoms. The van der Waals surface area contributed by atoms with Gasteiger partial charge in [0.25, 0.3) is 0 Å². The highest BCUT2D eigenvalue weighted by atomic mass is 16.1. The fourth-order valence-corrected chi connectivity index (χ4v) is 3.50. The van der Waals surface area contributed by atoms with Gasteiger partial charge in [0.05, 0.1) is 24.7 Å². The lowest BCUT2D eigenvalue weighted by Gasteiger charge is -2.17. The van der Waals surface area contributed by atoms with E-state index in [-0.39, 0.29) is 5.91 Å². The van der Waals surface area contributed by atoms with Crippen LogP contribution in [0.5, 0.6) is 0 Å². The summed E-state index contributed by atoms with van der Waals surface area (Å²) >= 11 is 0. The molecule has 0 saturated heterocycles. The Morgan fingerprint density at radius 1 is 1.35 bits per heavy atom. The Bertz CT molecular complexity index is 608. The number of carbonyl (C=O) groups excluding carboxylic acids is 1. The van der Waals surface area contributed by atoms with Gasteiger partial charge in [-0.2, -0.15) is 10.4 Å². The van der Waals surface area contributed by atoms with Crippen LogP contribution in [0.25, 0.3) is 0 Å². The van der Waals surface area contributed by atoms with Crippen molar-refractivity contribution in [3.63, 3.8) is 0 Å². The molecule has 23 heavy (non-hydrogen) atoms. The molecule has 124 valence electrons. The maximum absolute atomic E-state index is 12.3. The minimum Gasteiger partial charge on any atom is -0.353 e. The van der Waals surface area contributed by atoms with Crippen molar-refractivity contribution in [2.45, 2.75) is 71.4 Å². The highest BCUT2D eigenvalue weighted by molar-refractivity contribution is 5.76. The summed E-state index contributed by atoms with van der Waals surface area (Å²) in [5, 5.41) is 16.5. The lowest BCUT2D eigenvalue weighted by Crippen LogP contribution is -2.38. The molecule has 1 aromatic rings. The standard InChI is InChI=1S/C18H26N4O/c1-12-16(13(2)22(21-12)11-3-10-19)8-9-17(23)20-18(14-4-5-14)15-6-7-15/h14-15,18H,3-9,11H2,1-2H3,(H,20,23). The van der Waals surface area contributed by atoms with Gasteiger partial charge < -0.3 is 5.32 Å². The zero-order chi connectivity index (χ0) is 16.4. The smallest absolute Gasteiger partial charge is 0.220 e. The van der Waals surface area contributed by atoms with Gasteiger partial charge in [0.15, 0.2) is 0 Å². The fourth-order valence-electron chi connectivity index (χ4n) is 3.50. The maximum Gasteiger partial charge on any atom is 0.220 e. The molecular weight excluding hydrogens is 288 g/mol. The average Bonchev–Trinajstić information content (AvgIpc) is 3.41. The Labute approximate surface area is 138 Å². The highest BCUT2D eigenvalue weighted by Crippen LogP contribution is 2.44. The van der Waals surface area contributed by atoms with Gasteiger partial charge in [-0.05, 0) is 63.4 Å². The number of rotatable bonds is 8. The number of aryl methyl sites for hydroxylation is 2. The molecule has 0 bridgehead atoms. The van der Waals surface area contributed by atoms with Crippen molar-refractivity contribution in [1.29, 1.82) is 5.26 Å². The summed E-state index contributed by atoms with van der Waals surface area (Å²) in [5.74, 6) is 1.66. The van der Waals surface area contributed by atoms with Gasteiger partial charge in [-0.25, -0.2) is 0 Å². The molecule has 5 nitrogen and oxygen atoms in total. The third-order valence-electron chi connectivity index (χ3n) is 5.16. The summed E-state index contributed by atoms with van der Waals surface area (Å²) in [6, 6.07) is 2.59. The van der Waals surface area contributed by atoms with E-state index in [2.05, 4.69) is 16.5 Å². The Hall–Kier alpha value is -1.83. The van der Waals surface area contributed by atoms with E-state index in [1.807, 2.05) is 18.5 Å². The van der Waals surface area contributed by atoms with Gasteiger partial charge >= 0.3 is 0 Å². The average molecular weight is 314 g/mol. The molecule has 0 unspecified atom stereocenters. The molecule has 2 aliphatic carbocycles. The van der Waals surface area contributed by atoms with Gasteiger partial charge in [0.1, 0.15) is 0 Å². The molecule has 3 rings (SSSR count). The molecule has 0 aromatic carbocycles. The van der Waals surface area contributed by atoms with E-state index >= 15 is 0 Å². The van der Waals surface area contributed by atoms with Crippen LogP contribution in [-0.2, 0) is 17.8 Å². The van der Waals surface area contributed by atoms with Crippen molar-refractivity contribution in [2.24, 2.45) is 11.8 Å². The van der Waals surface area contributed by atoms with E-state index in [9.17, 15) is 4.79 Å². The third kappa shape index (κ3) is 3.93. The molecule has 0 radical (unpaired) electrons. The first kappa shape index (κ1) is 16.0. The second kappa shape index (κ2) is 6.74. The van der Waals surface area contributed by atoms with Crippen molar-refractivity contribution < 1.29 is 4.79 Å². The second-order valence-electron chi connectivity index (χ2n) is 7.05. The topological polar surface area (TPSA) is 70.7 Å². The summed E-state index contributed by atoms with van der Waals surface area (Å²) in [6.45, 7) is 4.64. The number of nitriles is 1. The van der Waals surface area contributed by atoms with Crippen LogP contribution in [0.4, 0.5) is 0 Å². The van der Waals surface area contributed by atoms with Crippen LogP contribution in [0, 0.1) is 37.0 Å². The molecule has 2 fully saturated rings. The van der Waals surface area contributed by atoms with Crippen LogP contribution in [-0.4, -0.2) is 21.7 Å². The quantitative estimate of drug-likeness (QED) is 0.802. The molecule has 0 spiro atoms. The van der Waals surface area contributed by atoms with E-state index < -0.39 is 0 Å². The molecule has 1 N–H and O–H groups in total. The van der Waals surface area contributed by atoms with Crippen LogP contribution >= 0.6 is 0 Å². The third-order valence-corrected chi connectivity index (χ3v) is 5.16. The van der Waals surface area contributed by atoms with E-state index in [0.717, 1.165) is 35.2 Å². The van der Waals surface area contributed by atoms with Crippen molar-refractivity contribution in [3.8, 4) is 6.07 Å². The molecule has 2 aliphatic rings. The van der Waals surface area contributed by atoms with Crippen LogP contribution in [0.1, 0.15) is 55.5 Å². The summed E-state index contributed by atoms with van der Waals surface area (Å²) in [5.41, 5.74) is 3.23. The second-order valence-corrected chi connectivity index (χ2v) is 7.05. The van der Waals surface area contributed by atoms with Gasteiger partial charge in [0, 0.05) is 18.2 Å². The van der Waals surface area contributed by atoms with Crippen molar-refractivity contribution in [3.05, 3.63) is 17.0 Å². The Morgan fingerprint density at radius 2 is 2.00 bits per heavy atom. The van der Waals surface area contributed by atoms with Gasteiger partial charge in [-0.1, -0.05) is 0 Å². The molecule has 0 aliphatic heterocycles. The lowest BCUT2D eigenvalue weighted by molar-refractivity contribution is -0.122. The largest absolute Gasteiger partial charge is 0.353 e. The van der Waals surface area contributed by atoms with Gasteiger partial charge in [0.2, 0.25) is 5.91 Å². The Balaban J connectivity index is 1.54.